The van der Waals surface area contributed by atoms with Gasteiger partial charge in [-0.05, 0) is 60.7 Å². The van der Waals surface area contributed by atoms with Crippen molar-refractivity contribution in [2.24, 2.45) is 5.92 Å². The number of hydrogen-bond acceptors (Lipinski definition) is 4. The van der Waals surface area contributed by atoms with Gasteiger partial charge in [0.15, 0.2) is 5.11 Å². The Bertz CT molecular complexity index is 835. The third-order valence-electron chi connectivity index (χ3n) is 4.47. The first-order chi connectivity index (χ1) is 12.5. The van der Waals surface area contributed by atoms with Crippen LogP contribution in [0.25, 0.3) is 0 Å². The van der Waals surface area contributed by atoms with Crippen LogP contribution in [0.4, 0.5) is 5.00 Å². The summed E-state index contributed by atoms with van der Waals surface area (Å²) in [7, 11) is 1.41. The Morgan fingerprint density at radius 2 is 2.27 bits per heavy atom. The molecule has 2 aromatic rings. The maximum Gasteiger partial charge on any atom is 0.341 e. The van der Waals surface area contributed by atoms with Crippen LogP contribution in [0.15, 0.2) is 24.3 Å². The number of fused-ring (bicyclic) bond motifs is 1. The van der Waals surface area contributed by atoms with Crippen molar-refractivity contribution < 1.29 is 9.53 Å². The number of carbonyl (C=O) groups is 1. The quantitative estimate of drug-likeness (QED) is 0.562. The number of rotatable bonds is 4. The maximum atomic E-state index is 12.3. The highest BCUT2D eigenvalue weighted by Gasteiger charge is 2.28. The number of halogens is 1. The van der Waals surface area contributed by atoms with Crippen LogP contribution in [0, 0.1) is 5.92 Å². The van der Waals surface area contributed by atoms with Crippen molar-refractivity contribution in [2.75, 3.05) is 12.4 Å². The highest BCUT2D eigenvalue weighted by molar-refractivity contribution is 7.80. The fourth-order valence-corrected chi connectivity index (χ4v) is 4.99. The number of thiocarbonyl (C=S) groups is 1. The van der Waals surface area contributed by atoms with Gasteiger partial charge in [0.05, 0.1) is 12.7 Å². The molecule has 1 atom stereocenters. The Morgan fingerprint density at radius 1 is 1.46 bits per heavy atom. The minimum absolute atomic E-state index is 0.308. The van der Waals surface area contributed by atoms with E-state index in [1.807, 2.05) is 24.3 Å². The molecule has 1 aromatic heterocycles. The molecular weight excluding hydrogens is 388 g/mol. The molecule has 0 aliphatic heterocycles. The number of nitrogens with one attached hydrogen (secondary N) is 2. The Morgan fingerprint density at radius 3 is 3.00 bits per heavy atom. The van der Waals surface area contributed by atoms with E-state index in [1.54, 1.807) is 11.3 Å². The molecule has 1 aliphatic rings. The van der Waals surface area contributed by atoms with Gasteiger partial charge in [0, 0.05) is 16.4 Å². The average Bonchev–Trinajstić information content (AvgIpc) is 2.96. The molecule has 1 unspecified atom stereocenters. The Kier molecular flexibility index (Phi) is 6.16. The number of hydrogen-bond donors (Lipinski definition) is 2. The van der Waals surface area contributed by atoms with E-state index in [9.17, 15) is 4.79 Å². The lowest BCUT2D eigenvalue weighted by molar-refractivity contribution is 0.0601. The van der Waals surface area contributed by atoms with Gasteiger partial charge in [-0.25, -0.2) is 4.79 Å². The molecule has 4 nitrogen and oxygen atoms in total. The number of thiophene rings is 1. The fourth-order valence-electron chi connectivity index (χ4n) is 3.13. The molecule has 1 aliphatic carbocycles. The zero-order valence-corrected chi connectivity index (χ0v) is 17.1. The van der Waals surface area contributed by atoms with Crippen LogP contribution in [-0.4, -0.2) is 18.2 Å². The molecular formula is C19H21ClN2O2S2. The van der Waals surface area contributed by atoms with Crippen molar-refractivity contribution in [3.63, 3.8) is 0 Å². The predicted molar refractivity (Wildman–Crippen MR) is 111 cm³/mol. The van der Waals surface area contributed by atoms with E-state index in [4.69, 9.17) is 28.6 Å². The highest BCUT2D eigenvalue weighted by atomic mass is 35.5. The van der Waals surface area contributed by atoms with Crippen LogP contribution in [0.2, 0.25) is 5.02 Å². The second kappa shape index (κ2) is 8.37. The highest BCUT2D eigenvalue weighted by Crippen LogP contribution is 2.40. The third kappa shape index (κ3) is 4.37. The zero-order chi connectivity index (χ0) is 18.7. The Balaban J connectivity index is 1.74. The predicted octanol–water partition coefficient (Wildman–Crippen LogP) is 4.80. The van der Waals surface area contributed by atoms with E-state index in [2.05, 4.69) is 17.6 Å². The van der Waals surface area contributed by atoms with Crippen LogP contribution in [-0.2, 0) is 24.1 Å². The molecule has 0 bridgehead atoms. The van der Waals surface area contributed by atoms with Gasteiger partial charge >= 0.3 is 5.97 Å². The van der Waals surface area contributed by atoms with E-state index in [0.717, 1.165) is 35.4 Å². The van der Waals surface area contributed by atoms with Crippen molar-refractivity contribution in [2.45, 2.75) is 32.7 Å². The SMILES string of the molecule is COC(=O)c1c(NC(=S)NCc2cccc(Cl)c2)sc2c1CCC(C)C2. The summed E-state index contributed by atoms with van der Waals surface area (Å²) in [5.74, 6) is 0.324. The number of anilines is 1. The summed E-state index contributed by atoms with van der Waals surface area (Å²) in [6, 6.07) is 7.61. The van der Waals surface area contributed by atoms with Crippen LogP contribution in [0.3, 0.4) is 0 Å². The van der Waals surface area contributed by atoms with Crippen LogP contribution >= 0.6 is 35.2 Å². The van der Waals surface area contributed by atoms with E-state index in [1.165, 1.54) is 12.0 Å². The third-order valence-corrected chi connectivity index (χ3v) is 6.12. The molecule has 1 aromatic carbocycles. The first-order valence-electron chi connectivity index (χ1n) is 8.50. The lowest BCUT2D eigenvalue weighted by atomic mass is 9.88. The summed E-state index contributed by atoms with van der Waals surface area (Å²) < 4.78 is 5.00. The normalized spacial score (nSPS) is 15.9. The monoisotopic (exact) mass is 408 g/mol. The van der Waals surface area contributed by atoms with E-state index in [-0.39, 0.29) is 5.97 Å². The molecule has 7 heteroatoms. The first-order valence-corrected chi connectivity index (χ1v) is 10.1. The van der Waals surface area contributed by atoms with E-state index >= 15 is 0 Å². The molecule has 1 heterocycles. The summed E-state index contributed by atoms with van der Waals surface area (Å²) in [4.78, 5) is 13.6. The van der Waals surface area contributed by atoms with Gasteiger partial charge < -0.3 is 15.4 Å². The van der Waals surface area contributed by atoms with Crippen LogP contribution < -0.4 is 10.6 Å². The van der Waals surface area contributed by atoms with Gasteiger partial charge in [-0.2, -0.15) is 0 Å². The summed E-state index contributed by atoms with van der Waals surface area (Å²) in [6.45, 7) is 2.80. The van der Waals surface area contributed by atoms with Crippen molar-refractivity contribution in [3.8, 4) is 0 Å². The molecule has 26 heavy (non-hydrogen) atoms. The lowest BCUT2D eigenvalue weighted by Gasteiger charge is -2.18. The van der Waals surface area contributed by atoms with E-state index in [0.29, 0.717) is 28.2 Å². The van der Waals surface area contributed by atoms with Crippen molar-refractivity contribution in [3.05, 3.63) is 50.9 Å². The standard InChI is InChI=1S/C19H21ClN2O2S2/c1-11-6-7-14-15(8-11)26-17(16(14)18(23)24-2)22-19(25)21-10-12-4-3-5-13(20)9-12/h3-5,9,11H,6-8,10H2,1-2H3,(H2,21,22,25). The molecule has 0 radical (unpaired) electrons. The Hall–Kier alpha value is -1.63. The summed E-state index contributed by atoms with van der Waals surface area (Å²) in [6.07, 6.45) is 2.99. The van der Waals surface area contributed by atoms with E-state index < -0.39 is 0 Å². The summed E-state index contributed by atoms with van der Waals surface area (Å²) >= 11 is 13.0. The average molecular weight is 409 g/mol. The largest absolute Gasteiger partial charge is 0.465 e. The topological polar surface area (TPSA) is 50.4 Å². The Labute approximate surface area is 167 Å². The maximum absolute atomic E-state index is 12.3. The zero-order valence-electron chi connectivity index (χ0n) is 14.7. The van der Waals surface area contributed by atoms with Gasteiger partial charge in [-0.1, -0.05) is 30.7 Å². The molecule has 3 rings (SSSR count). The van der Waals surface area contributed by atoms with Crippen molar-refractivity contribution in [1.29, 1.82) is 0 Å². The van der Waals surface area contributed by atoms with Crippen molar-refractivity contribution in [1.82, 2.24) is 5.32 Å². The van der Waals surface area contributed by atoms with Gasteiger partial charge in [-0.3, -0.25) is 0 Å². The van der Waals surface area contributed by atoms with Gasteiger partial charge in [0.25, 0.3) is 0 Å². The molecule has 0 fully saturated rings. The summed E-state index contributed by atoms with van der Waals surface area (Å²) in [5, 5.41) is 8.28. The molecule has 138 valence electrons. The second-order valence-electron chi connectivity index (χ2n) is 6.49. The summed E-state index contributed by atoms with van der Waals surface area (Å²) in [5.41, 5.74) is 2.78. The fraction of sp³-hybridized carbons (Fsp3) is 0.368. The second-order valence-corrected chi connectivity index (χ2v) is 8.43. The minimum atomic E-state index is -0.308. The number of esters is 1. The smallest absolute Gasteiger partial charge is 0.341 e. The lowest BCUT2D eigenvalue weighted by Crippen LogP contribution is -2.28. The molecule has 2 N–H and O–H groups in total. The van der Waals surface area contributed by atoms with Gasteiger partial charge in [0.2, 0.25) is 0 Å². The van der Waals surface area contributed by atoms with Gasteiger partial charge in [0.1, 0.15) is 5.00 Å². The number of methoxy groups -OCH3 is 1. The van der Waals surface area contributed by atoms with Crippen LogP contribution in [0.1, 0.15) is 39.7 Å². The molecule has 0 spiro atoms. The first kappa shape index (κ1) is 19.1. The van der Waals surface area contributed by atoms with Crippen LogP contribution in [0.5, 0.6) is 0 Å². The molecule has 0 saturated heterocycles. The molecule has 0 amide bonds. The minimum Gasteiger partial charge on any atom is -0.465 e. The number of benzene rings is 1. The van der Waals surface area contributed by atoms with Crippen molar-refractivity contribution >= 4 is 51.2 Å². The number of carbonyl (C=O) groups excluding carboxylic acids is 1. The van der Waals surface area contributed by atoms with Gasteiger partial charge in [-0.15, -0.1) is 11.3 Å². The number of ether oxygens (including phenoxy) is 1. The molecule has 0 saturated carbocycles.